The monoisotopic (exact) mass is 411 g/mol. The van der Waals surface area contributed by atoms with E-state index in [0.717, 1.165) is 27.5 Å². The lowest BCUT2D eigenvalue weighted by Crippen LogP contribution is -2.64. The maximum absolute atomic E-state index is 13.2. The second kappa shape index (κ2) is 6.68. The summed E-state index contributed by atoms with van der Waals surface area (Å²) in [4.78, 5) is 44.1. The molecule has 1 aromatic heterocycles. The molecular weight excluding hydrogens is 388 g/mol. The van der Waals surface area contributed by atoms with Crippen molar-refractivity contribution in [2.75, 3.05) is 20.7 Å². The van der Waals surface area contributed by atoms with Gasteiger partial charge in [-0.2, -0.15) is 4.57 Å². The fourth-order valence-electron chi connectivity index (χ4n) is 4.00. The molecule has 1 saturated heterocycles. The molecule has 10 nitrogen and oxygen atoms in total. The fraction of sp³-hybridized carbons (Fsp3) is 0.350. The van der Waals surface area contributed by atoms with E-state index in [1.54, 1.807) is 11.7 Å². The Morgan fingerprint density at radius 1 is 1.27 bits per heavy atom. The van der Waals surface area contributed by atoms with Gasteiger partial charge in [0.05, 0.1) is 7.11 Å². The minimum absolute atomic E-state index is 0.309. The van der Waals surface area contributed by atoms with Gasteiger partial charge in [0.15, 0.2) is 5.75 Å². The molecule has 4 rings (SSSR count). The number of aryl methyl sites for hydroxylation is 1. The Morgan fingerprint density at radius 2 is 1.97 bits per heavy atom. The number of nitrogens with two attached hydrogens (primary N) is 1. The van der Waals surface area contributed by atoms with Crippen molar-refractivity contribution >= 4 is 29.6 Å². The van der Waals surface area contributed by atoms with Crippen LogP contribution >= 0.6 is 0 Å². The zero-order valence-corrected chi connectivity index (χ0v) is 17.5. The number of hydrogen-bond acceptors (Lipinski definition) is 5. The average molecular weight is 411 g/mol. The van der Waals surface area contributed by atoms with Crippen LogP contribution < -0.4 is 15.0 Å². The van der Waals surface area contributed by atoms with Crippen LogP contribution in [0.5, 0.6) is 5.75 Å². The van der Waals surface area contributed by atoms with Gasteiger partial charge in [0.2, 0.25) is 17.8 Å². The van der Waals surface area contributed by atoms with E-state index in [1.807, 2.05) is 43.5 Å². The summed E-state index contributed by atoms with van der Waals surface area (Å²) in [5, 5.41) is 0. The van der Waals surface area contributed by atoms with Gasteiger partial charge in [0, 0.05) is 7.05 Å². The van der Waals surface area contributed by atoms with Crippen LogP contribution in [0.15, 0.2) is 23.2 Å². The van der Waals surface area contributed by atoms with Gasteiger partial charge in [-0.3, -0.25) is 19.4 Å². The first kappa shape index (κ1) is 19.6. The van der Waals surface area contributed by atoms with Crippen LogP contribution in [0.3, 0.4) is 0 Å². The lowest BCUT2D eigenvalue weighted by molar-refractivity contribution is -0.682. The number of aliphatic imine (C=N–C) groups is 1. The van der Waals surface area contributed by atoms with Gasteiger partial charge < -0.3 is 10.5 Å². The molecule has 10 heteroatoms. The first-order chi connectivity index (χ1) is 14.2. The number of rotatable bonds is 4. The summed E-state index contributed by atoms with van der Waals surface area (Å²) in [6.07, 6.45) is 0. The lowest BCUT2D eigenvalue weighted by Gasteiger charge is -2.32. The van der Waals surface area contributed by atoms with Crippen molar-refractivity contribution in [3.63, 3.8) is 0 Å². The van der Waals surface area contributed by atoms with Crippen LogP contribution in [-0.2, 0) is 9.59 Å². The Kier molecular flexibility index (Phi) is 4.37. The molecule has 1 fully saturated rings. The number of amidine groups is 1. The minimum Gasteiger partial charge on any atom is -0.493 e. The number of imidazole rings is 1. The van der Waals surface area contributed by atoms with Gasteiger partial charge in [0.25, 0.3) is 5.91 Å². The molecule has 2 N–H and O–H groups in total. The normalized spacial score (nSPS) is 17.8. The van der Waals surface area contributed by atoms with E-state index in [2.05, 4.69) is 4.99 Å². The predicted molar refractivity (Wildman–Crippen MR) is 107 cm³/mol. The van der Waals surface area contributed by atoms with Gasteiger partial charge in [-0.05, 0) is 38.5 Å². The number of carbonyl (C=O) groups is 3. The van der Waals surface area contributed by atoms with Crippen LogP contribution in [0, 0.1) is 20.8 Å². The number of likely N-dealkylation sites (N-methyl/N-ethyl adjacent to an activating group) is 1. The second-order valence-corrected chi connectivity index (χ2v) is 7.46. The second-order valence-electron chi connectivity index (χ2n) is 7.46. The third kappa shape index (κ3) is 2.60. The molecule has 0 radical (unpaired) electrons. The topological polar surface area (TPSA) is 114 Å². The van der Waals surface area contributed by atoms with E-state index < -0.39 is 30.4 Å². The van der Waals surface area contributed by atoms with Gasteiger partial charge in [-0.1, -0.05) is 11.1 Å². The number of hydrogen-bond donors (Lipinski definition) is 1. The molecule has 3 heterocycles. The first-order valence-electron chi connectivity index (χ1n) is 9.41. The van der Waals surface area contributed by atoms with E-state index >= 15 is 0 Å². The van der Waals surface area contributed by atoms with Crippen molar-refractivity contribution in [1.82, 2.24) is 14.4 Å². The maximum Gasteiger partial charge on any atom is 0.407 e. The molecule has 0 bridgehead atoms. The van der Waals surface area contributed by atoms with E-state index in [-0.39, 0.29) is 0 Å². The Labute approximate surface area is 173 Å². The van der Waals surface area contributed by atoms with Crippen LogP contribution in [0.2, 0.25) is 0 Å². The van der Waals surface area contributed by atoms with Crippen LogP contribution in [-0.4, -0.2) is 58.8 Å². The van der Waals surface area contributed by atoms with Crippen molar-refractivity contribution in [3.05, 3.63) is 35.2 Å². The SMILES string of the molecule is COc1ccc(C)cc1-n1c(C)c(C)[n+]2c1N=C1C2C(=O)N(CC(N)=O)C(=O)N1C. The minimum atomic E-state index is -0.849. The summed E-state index contributed by atoms with van der Waals surface area (Å²) in [6.45, 7) is 5.32. The zero-order valence-electron chi connectivity index (χ0n) is 17.5. The number of carbonyl (C=O) groups excluding carboxylic acids is 3. The highest BCUT2D eigenvalue weighted by Gasteiger charge is 2.54. The smallest absolute Gasteiger partial charge is 0.407 e. The van der Waals surface area contributed by atoms with Crippen molar-refractivity contribution in [2.24, 2.45) is 10.7 Å². The number of amides is 4. The standard InChI is InChI=1S/C20H22N6O4/c1-10-6-7-14(30-5)13(8-10)25-11(2)12(3)26-16-17(22-19(25)26)23(4)20(29)24(18(16)28)9-15(21)27/h6-8,16H,9H2,1-5H3,(H-,21,27)/p+1. The van der Waals surface area contributed by atoms with E-state index in [0.29, 0.717) is 17.5 Å². The molecule has 0 saturated carbocycles. The largest absolute Gasteiger partial charge is 0.493 e. The molecule has 1 unspecified atom stereocenters. The van der Waals surface area contributed by atoms with Crippen LogP contribution in [0.4, 0.5) is 10.7 Å². The third-order valence-corrected chi connectivity index (χ3v) is 5.60. The predicted octanol–water partition coefficient (Wildman–Crippen LogP) is 0.663. The van der Waals surface area contributed by atoms with Crippen molar-refractivity contribution < 1.29 is 23.7 Å². The number of nitrogens with zero attached hydrogens (tertiary/aromatic N) is 5. The number of methoxy groups -OCH3 is 1. The first-order valence-corrected chi connectivity index (χ1v) is 9.41. The van der Waals surface area contributed by atoms with Gasteiger partial charge in [-0.15, -0.1) is 0 Å². The summed E-state index contributed by atoms with van der Waals surface area (Å²) in [5.41, 5.74) is 8.76. The number of imide groups is 1. The van der Waals surface area contributed by atoms with Crippen molar-refractivity contribution in [3.8, 4) is 11.4 Å². The highest BCUT2D eigenvalue weighted by molar-refractivity contribution is 6.19. The van der Waals surface area contributed by atoms with E-state index in [4.69, 9.17) is 10.5 Å². The molecule has 0 spiro atoms. The summed E-state index contributed by atoms with van der Waals surface area (Å²) >= 11 is 0. The highest BCUT2D eigenvalue weighted by Crippen LogP contribution is 2.35. The molecule has 1 atom stereocenters. The Hall–Kier alpha value is -3.69. The third-order valence-electron chi connectivity index (χ3n) is 5.60. The summed E-state index contributed by atoms with van der Waals surface area (Å²) < 4.78 is 9.24. The van der Waals surface area contributed by atoms with Gasteiger partial charge >= 0.3 is 12.0 Å². The quantitative estimate of drug-likeness (QED) is 0.745. The number of ether oxygens (including phenoxy) is 1. The Balaban J connectivity index is 1.94. The zero-order chi connectivity index (χ0) is 21.9. The molecule has 2 aromatic rings. The van der Waals surface area contributed by atoms with Crippen LogP contribution in [0.1, 0.15) is 23.0 Å². The molecule has 1 aromatic carbocycles. The van der Waals surface area contributed by atoms with Crippen molar-refractivity contribution in [2.45, 2.75) is 26.8 Å². The van der Waals surface area contributed by atoms with Gasteiger partial charge in [-0.25, -0.2) is 9.36 Å². The number of fused-ring (bicyclic) bond motifs is 3. The fourth-order valence-corrected chi connectivity index (χ4v) is 4.00. The molecule has 2 aliphatic rings. The summed E-state index contributed by atoms with van der Waals surface area (Å²) in [5.74, 6) is 0.176. The average Bonchev–Trinajstić information content (AvgIpc) is 3.19. The molecular formula is C20H23N6O4+. The van der Waals surface area contributed by atoms with E-state index in [9.17, 15) is 14.4 Å². The maximum atomic E-state index is 13.2. The molecule has 0 aliphatic carbocycles. The Bertz CT molecular complexity index is 1150. The van der Waals surface area contributed by atoms with Crippen LogP contribution in [0.25, 0.3) is 5.69 Å². The van der Waals surface area contributed by atoms with Gasteiger partial charge in [0.1, 0.15) is 23.6 Å². The van der Waals surface area contributed by atoms with E-state index in [1.165, 1.54) is 11.9 Å². The van der Waals surface area contributed by atoms with Crippen molar-refractivity contribution in [1.29, 1.82) is 0 Å². The highest BCUT2D eigenvalue weighted by atomic mass is 16.5. The molecule has 156 valence electrons. The summed E-state index contributed by atoms with van der Waals surface area (Å²) in [7, 11) is 3.12. The number of aromatic nitrogens is 2. The molecule has 30 heavy (non-hydrogen) atoms. The number of benzene rings is 1. The molecule has 2 aliphatic heterocycles. The molecule has 4 amide bonds. The lowest BCUT2D eigenvalue weighted by atomic mass is 10.1. The summed E-state index contributed by atoms with van der Waals surface area (Å²) in [6, 6.07) is 4.32. The Morgan fingerprint density at radius 3 is 2.60 bits per heavy atom. The number of primary amides is 1. The number of urea groups is 1.